The van der Waals surface area contributed by atoms with E-state index in [0.29, 0.717) is 18.5 Å². The molecule has 2 N–H and O–H groups in total. The average molecular weight is 486 g/mol. The number of H-pyrrole nitrogens is 1. The first-order valence-electron chi connectivity index (χ1n) is 11.4. The van der Waals surface area contributed by atoms with E-state index in [-0.39, 0.29) is 29.1 Å². The van der Waals surface area contributed by atoms with Gasteiger partial charge in [0.1, 0.15) is 34.9 Å². The molecule has 182 valence electrons. The van der Waals surface area contributed by atoms with Crippen LogP contribution in [-0.2, 0) is 13.0 Å². The third kappa shape index (κ3) is 4.65. The molecular weight excluding hydrogens is 463 g/mol. The van der Waals surface area contributed by atoms with E-state index in [1.54, 1.807) is 43.5 Å². The van der Waals surface area contributed by atoms with Crippen LogP contribution in [0.2, 0.25) is 0 Å². The normalized spacial score (nSPS) is 11.1. The number of amides is 1. The Bertz CT molecular complexity index is 1620. The van der Waals surface area contributed by atoms with Gasteiger partial charge < -0.3 is 24.2 Å². The van der Waals surface area contributed by atoms with Gasteiger partial charge in [0.2, 0.25) is 0 Å². The molecule has 0 fully saturated rings. The molecule has 0 radical (unpaired) electrons. The molecular formula is C28H23FN2O5. The van der Waals surface area contributed by atoms with Crippen molar-refractivity contribution in [1.29, 1.82) is 0 Å². The Morgan fingerprint density at radius 1 is 1.06 bits per heavy atom. The SMILES string of the molecule is COc1ccc2[nH]cc(CCNC(=O)c3cc(=O)c4c(OCc5ccccc5F)cccc4o3)c2c1. The van der Waals surface area contributed by atoms with Crippen molar-refractivity contribution in [3.8, 4) is 11.5 Å². The lowest BCUT2D eigenvalue weighted by Crippen LogP contribution is -2.26. The summed E-state index contributed by atoms with van der Waals surface area (Å²) >= 11 is 0. The Morgan fingerprint density at radius 2 is 1.92 bits per heavy atom. The second-order valence-electron chi connectivity index (χ2n) is 8.22. The van der Waals surface area contributed by atoms with Gasteiger partial charge in [-0.15, -0.1) is 0 Å². The molecule has 3 aromatic carbocycles. The van der Waals surface area contributed by atoms with Gasteiger partial charge in [-0.1, -0.05) is 24.3 Å². The Hall–Kier alpha value is -4.59. The average Bonchev–Trinajstić information content (AvgIpc) is 3.30. The van der Waals surface area contributed by atoms with E-state index in [4.69, 9.17) is 13.9 Å². The number of benzene rings is 3. The minimum absolute atomic E-state index is 0.0484. The Morgan fingerprint density at radius 3 is 2.75 bits per heavy atom. The number of halogens is 1. The van der Waals surface area contributed by atoms with E-state index in [1.165, 1.54) is 6.07 Å². The van der Waals surface area contributed by atoms with Crippen molar-refractivity contribution in [2.45, 2.75) is 13.0 Å². The first-order valence-corrected chi connectivity index (χ1v) is 11.4. The lowest BCUT2D eigenvalue weighted by Gasteiger charge is -2.10. The summed E-state index contributed by atoms with van der Waals surface area (Å²) < 4.78 is 30.6. The number of methoxy groups -OCH3 is 1. The minimum Gasteiger partial charge on any atom is -0.497 e. The Labute approximate surface area is 205 Å². The van der Waals surface area contributed by atoms with Crippen LogP contribution in [0.25, 0.3) is 21.9 Å². The van der Waals surface area contributed by atoms with Crippen LogP contribution in [0.4, 0.5) is 4.39 Å². The van der Waals surface area contributed by atoms with Gasteiger partial charge in [0, 0.05) is 35.3 Å². The third-order valence-electron chi connectivity index (χ3n) is 5.94. The molecule has 7 nitrogen and oxygen atoms in total. The van der Waals surface area contributed by atoms with Crippen LogP contribution in [0.3, 0.4) is 0 Å². The van der Waals surface area contributed by atoms with Crippen molar-refractivity contribution < 1.29 is 23.1 Å². The van der Waals surface area contributed by atoms with Crippen LogP contribution in [0, 0.1) is 5.82 Å². The zero-order valence-corrected chi connectivity index (χ0v) is 19.5. The van der Waals surface area contributed by atoms with Crippen molar-refractivity contribution >= 4 is 27.8 Å². The van der Waals surface area contributed by atoms with Gasteiger partial charge in [0.15, 0.2) is 11.2 Å². The fourth-order valence-electron chi connectivity index (χ4n) is 4.07. The van der Waals surface area contributed by atoms with Gasteiger partial charge in [0.05, 0.1) is 7.11 Å². The quantitative estimate of drug-likeness (QED) is 0.323. The molecule has 0 atom stereocenters. The smallest absolute Gasteiger partial charge is 0.287 e. The largest absolute Gasteiger partial charge is 0.497 e. The van der Waals surface area contributed by atoms with Gasteiger partial charge >= 0.3 is 0 Å². The molecule has 2 heterocycles. The predicted molar refractivity (Wildman–Crippen MR) is 134 cm³/mol. The van der Waals surface area contributed by atoms with Crippen molar-refractivity contribution in [2.75, 3.05) is 13.7 Å². The zero-order chi connectivity index (χ0) is 25.1. The van der Waals surface area contributed by atoms with E-state index in [9.17, 15) is 14.0 Å². The number of ether oxygens (including phenoxy) is 2. The first kappa shape index (κ1) is 23.2. The highest BCUT2D eigenvalue weighted by Crippen LogP contribution is 2.25. The maximum absolute atomic E-state index is 13.9. The van der Waals surface area contributed by atoms with E-state index in [0.717, 1.165) is 28.3 Å². The van der Waals surface area contributed by atoms with Crippen LogP contribution in [-0.4, -0.2) is 24.5 Å². The fourth-order valence-corrected chi connectivity index (χ4v) is 4.07. The second kappa shape index (κ2) is 9.95. The minimum atomic E-state index is -0.496. The number of aromatic nitrogens is 1. The maximum atomic E-state index is 13.9. The summed E-state index contributed by atoms with van der Waals surface area (Å²) in [6, 6.07) is 18.0. The van der Waals surface area contributed by atoms with E-state index >= 15 is 0 Å². The van der Waals surface area contributed by atoms with E-state index in [1.807, 2.05) is 24.4 Å². The summed E-state index contributed by atoms with van der Waals surface area (Å²) in [5.41, 5.74) is 2.16. The highest BCUT2D eigenvalue weighted by Gasteiger charge is 2.16. The number of nitrogens with one attached hydrogen (secondary N) is 2. The zero-order valence-electron chi connectivity index (χ0n) is 19.5. The van der Waals surface area contributed by atoms with Gasteiger partial charge in [-0.3, -0.25) is 9.59 Å². The summed E-state index contributed by atoms with van der Waals surface area (Å²) in [5, 5.41) is 4.01. The van der Waals surface area contributed by atoms with Gasteiger partial charge in [-0.05, 0) is 48.4 Å². The molecule has 0 aliphatic rings. The van der Waals surface area contributed by atoms with Crippen LogP contribution in [0.5, 0.6) is 11.5 Å². The van der Waals surface area contributed by atoms with Crippen LogP contribution >= 0.6 is 0 Å². The molecule has 5 rings (SSSR count). The first-order chi connectivity index (χ1) is 17.5. The number of rotatable bonds is 8. The molecule has 0 saturated heterocycles. The molecule has 8 heteroatoms. The molecule has 0 bridgehead atoms. The molecule has 36 heavy (non-hydrogen) atoms. The highest BCUT2D eigenvalue weighted by molar-refractivity contribution is 5.94. The molecule has 0 unspecified atom stereocenters. The molecule has 0 aliphatic heterocycles. The summed E-state index contributed by atoms with van der Waals surface area (Å²) in [7, 11) is 1.61. The van der Waals surface area contributed by atoms with Gasteiger partial charge in [-0.2, -0.15) is 0 Å². The predicted octanol–water partition coefficient (Wildman–Crippen LogP) is 4.97. The van der Waals surface area contributed by atoms with Crippen molar-refractivity contribution in [3.05, 3.63) is 106 Å². The molecule has 1 amide bonds. The molecule has 5 aromatic rings. The lowest BCUT2D eigenvalue weighted by molar-refractivity contribution is 0.0927. The fraction of sp³-hybridized carbons (Fsp3) is 0.143. The number of hydrogen-bond acceptors (Lipinski definition) is 5. The summed E-state index contributed by atoms with van der Waals surface area (Å²) in [6.07, 6.45) is 2.47. The molecule has 0 spiro atoms. The van der Waals surface area contributed by atoms with E-state index < -0.39 is 17.2 Å². The monoisotopic (exact) mass is 486 g/mol. The Balaban J connectivity index is 1.29. The number of hydrogen-bond donors (Lipinski definition) is 2. The number of carbonyl (C=O) groups is 1. The van der Waals surface area contributed by atoms with Crippen LogP contribution in [0.1, 0.15) is 21.7 Å². The summed E-state index contributed by atoms with van der Waals surface area (Å²) in [4.78, 5) is 28.8. The van der Waals surface area contributed by atoms with Gasteiger partial charge in [0.25, 0.3) is 5.91 Å². The lowest BCUT2D eigenvalue weighted by atomic mass is 10.1. The number of aromatic amines is 1. The highest BCUT2D eigenvalue weighted by atomic mass is 19.1. The second-order valence-corrected chi connectivity index (χ2v) is 8.22. The molecule has 2 aromatic heterocycles. The van der Waals surface area contributed by atoms with E-state index in [2.05, 4.69) is 10.3 Å². The van der Waals surface area contributed by atoms with Crippen molar-refractivity contribution in [2.24, 2.45) is 0 Å². The van der Waals surface area contributed by atoms with Crippen molar-refractivity contribution in [1.82, 2.24) is 10.3 Å². The van der Waals surface area contributed by atoms with Crippen LogP contribution < -0.4 is 20.2 Å². The number of fused-ring (bicyclic) bond motifs is 2. The summed E-state index contributed by atoms with van der Waals surface area (Å²) in [6.45, 7) is 0.295. The topological polar surface area (TPSA) is 93.6 Å². The molecule has 0 saturated carbocycles. The van der Waals surface area contributed by atoms with Gasteiger partial charge in [-0.25, -0.2) is 4.39 Å². The summed E-state index contributed by atoms with van der Waals surface area (Å²) in [5.74, 6) is 0.0211. The van der Waals surface area contributed by atoms with Crippen molar-refractivity contribution in [3.63, 3.8) is 0 Å². The van der Waals surface area contributed by atoms with Crippen LogP contribution in [0.15, 0.2) is 82.1 Å². The standard InChI is InChI=1S/C28H23FN2O5/c1-34-19-9-10-22-20(13-19)17(15-31-22)11-12-30-28(33)26-14-23(32)27-24(7-4-8-25(27)36-26)35-16-18-5-2-3-6-21(18)29/h2-10,13-15,31H,11-12,16H2,1H3,(H,30,33). The Kier molecular flexibility index (Phi) is 6.40. The molecule has 0 aliphatic carbocycles. The maximum Gasteiger partial charge on any atom is 0.287 e. The number of carbonyl (C=O) groups excluding carboxylic acids is 1. The third-order valence-corrected chi connectivity index (χ3v) is 5.94.